The number of hydrogen-bond acceptors (Lipinski definition) is 3. The van der Waals surface area contributed by atoms with Crippen LogP contribution in [0.25, 0.3) is 16.8 Å². The highest BCUT2D eigenvalue weighted by Gasteiger charge is 2.35. The summed E-state index contributed by atoms with van der Waals surface area (Å²) in [4.78, 5) is 10.7. The van der Waals surface area contributed by atoms with Crippen LogP contribution in [0, 0.1) is 0 Å². The van der Waals surface area contributed by atoms with Crippen LogP contribution in [-0.4, -0.2) is 16.2 Å². The molecule has 4 aromatic rings. The predicted molar refractivity (Wildman–Crippen MR) is 114 cm³/mol. The summed E-state index contributed by atoms with van der Waals surface area (Å²) in [6.45, 7) is -0.141. The molecule has 1 N–H and O–H groups in total. The molecule has 0 aliphatic rings. The quantitative estimate of drug-likeness (QED) is 0.377. The molecule has 1 aromatic heterocycles. The number of benzene rings is 3. The van der Waals surface area contributed by atoms with Crippen LogP contribution in [0.1, 0.15) is 11.4 Å². The first-order chi connectivity index (χ1) is 15.5. The number of anilines is 1. The van der Waals surface area contributed by atoms with Crippen LogP contribution in [0.4, 0.5) is 18.9 Å². The number of nitrogens with zero attached hydrogens (tertiary/aromatic N) is 2. The van der Waals surface area contributed by atoms with Gasteiger partial charge in [-0.2, -0.15) is 18.3 Å². The fourth-order valence-corrected chi connectivity index (χ4v) is 3.28. The molecule has 0 spiro atoms. The molecule has 1 heterocycles. The van der Waals surface area contributed by atoms with Crippen molar-refractivity contribution in [2.24, 2.45) is 0 Å². The van der Waals surface area contributed by atoms with Crippen molar-refractivity contribution in [3.63, 3.8) is 0 Å². The molecule has 4 rings (SSSR count). The number of nitrogens with one attached hydrogen (secondary N) is 1. The number of carbonyl (C=O) groups is 1. The Morgan fingerprint density at radius 1 is 0.938 bits per heavy atom. The van der Waals surface area contributed by atoms with Gasteiger partial charge >= 0.3 is 6.18 Å². The number of rotatable bonds is 7. The fourth-order valence-electron chi connectivity index (χ4n) is 3.28. The van der Waals surface area contributed by atoms with Crippen LogP contribution in [-0.2, 0) is 17.6 Å². The topological polar surface area (TPSA) is 56.2 Å². The number of alkyl halides is 3. The summed E-state index contributed by atoms with van der Waals surface area (Å²) in [5.41, 5.74) is 1.74. The minimum Gasteiger partial charge on any atom is -0.487 e. The zero-order valence-corrected chi connectivity index (χ0v) is 16.7. The van der Waals surface area contributed by atoms with Crippen LogP contribution in [0.2, 0.25) is 0 Å². The van der Waals surface area contributed by atoms with E-state index in [1.165, 1.54) is 10.7 Å². The largest absolute Gasteiger partial charge is 0.487 e. The van der Waals surface area contributed by atoms with Crippen molar-refractivity contribution in [2.75, 3.05) is 5.32 Å². The van der Waals surface area contributed by atoms with Crippen molar-refractivity contribution in [2.45, 2.75) is 12.8 Å². The minimum atomic E-state index is -4.61. The van der Waals surface area contributed by atoms with E-state index in [0.29, 0.717) is 23.5 Å². The predicted octanol–water partition coefficient (Wildman–Crippen LogP) is 5.71. The molecule has 0 fully saturated rings. The van der Waals surface area contributed by atoms with Crippen molar-refractivity contribution in [3.05, 3.63) is 96.3 Å². The lowest BCUT2D eigenvalue weighted by atomic mass is 10.1. The van der Waals surface area contributed by atoms with Gasteiger partial charge in [0.05, 0.1) is 11.4 Å². The maximum atomic E-state index is 13.4. The second-order valence-electron chi connectivity index (χ2n) is 6.89. The zero-order valence-electron chi connectivity index (χ0n) is 16.7. The summed E-state index contributed by atoms with van der Waals surface area (Å²) < 4.78 is 47.2. The lowest BCUT2D eigenvalue weighted by Gasteiger charge is -2.13. The summed E-state index contributed by atoms with van der Waals surface area (Å²) in [5, 5.41) is 6.22. The Morgan fingerprint density at radius 2 is 1.69 bits per heavy atom. The van der Waals surface area contributed by atoms with Crippen molar-refractivity contribution in [1.82, 2.24) is 9.78 Å². The van der Waals surface area contributed by atoms with E-state index < -0.39 is 11.9 Å². The molecule has 162 valence electrons. The lowest BCUT2D eigenvalue weighted by molar-refractivity contribution is -0.141. The van der Waals surface area contributed by atoms with E-state index in [1.807, 2.05) is 42.5 Å². The average molecular weight is 437 g/mol. The van der Waals surface area contributed by atoms with Crippen LogP contribution in [0.3, 0.4) is 0 Å². The number of amides is 1. The summed E-state index contributed by atoms with van der Waals surface area (Å²) in [7, 11) is 0. The Bertz CT molecular complexity index is 1220. The molecule has 0 unspecified atom stereocenters. The highest BCUT2D eigenvalue weighted by molar-refractivity contribution is 5.72. The monoisotopic (exact) mass is 437 g/mol. The Kier molecular flexibility index (Phi) is 5.93. The summed E-state index contributed by atoms with van der Waals surface area (Å²) >= 11 is 0. The molecule has 0 bridgehead atoms. The Balaban J connectivity index is 1.68. The molecular formula is C24H18F3N3O2. The van der Waals surface area contributed by atoms with E-state index in [1.54, 1.807) is 30.3 Å². The summed E-state index contributed by atoms with van der Waals surface area (Å²) in [6, 6.07) is 24.2. The molecule has 0 atom stereocenters. The van der Waals surface area contributed by atoms with Crippen molar-refractivity contribution in [1.29, 1.82) is 0 Å². The first kappa shape index (κ1) is 21.2. The van der Waals surface area contributed by atoms with Gasteiger partial charge in [0, 0.05) is 11.3 Å². The maximum absolute atomic E-state index is 13.4. The van der Waals surface area contributed by atoms with Crippen LogP contribution in [0.15, 0.2) is 84.9 Å². The number of hydrogen-bond donors (Lipinski definition) is 1. The van der Waals surface area contributed by atoms with Gasteiger partial charge in [0.25, 0.3) is 0 Å². The van der Waals surface area contributed by atoms with Crippen LogP contribution >= 0.6 is 0 Å². The summed E-state index contributed by atoms with van der Waals surface area (Å²) in [6.07, 6.45) is -4.12. The van der Waals surface area contributed by atoms with Crippen LogP contribution in [0.5, 0.6) is 5.75 Å². The molecule has 0 radical (unpaired) electrons. The zero-order chi connectivity index (χ0) is 22.6. The fraction of sp³-hybridized carbons (Fsp3) is 0.0833. The van der Waals surface area contributed by atoms with E-state index in [9.17, 15) is 18.0 Å². The standard InChI is InChI=1S/C24H18F3N3O2/c25-24(26,27)23-14-20(30(29-23)19-10-6-9-18(13-19)28-16-31)15-32-22-12-5-4-11-21(22)17-7-2-1-3-8-17/h1-14,16H,15H2,(H,28,31). The number of ether oxygens (including phenoxy) is 1. The Hall–Kier alpha value is -4.07. The van der Waals surface area contributed by atoms with Gasteiger partial charge in [0.2, 0.25) is 6.41 Å². The molecular weight excluding hydrogens is 419 g/mol. The second-order valence-corrected chi connectivity index (χ2v) is 6.89. The van der Waals surface area contributed by atoms with E-state index in [4.69, 9.17) is 4.74 Å². The molecule has 5 nitrogen and oxygen atoms in total. The third kappa shape index (κ3) is 4.64. The smallest absolute Gasteiger partial charge is 0.435 e. The molecule has 0 aliphatic heterocycles. The van der Waals surface area contributed by atoms with Gasteiger partial charge in [-0.3, -0.25) is 4.79 Å². The molecule has 8 heteroatoms. The van der Waals surface area contributed by atoms with Gasteiger partial charge in [0.1, 0.15) is 12.4 Å². The molecule has 0 aliphatic carbocycles. The number of aromatic nitrogens is 2. The van der Waals surface area contributed by atoms with Gasteiger partial charge in [-0.15, -0.1) is 0 Å². The van der Waals surface area contributed by atoms with Crippen molar-refractivity contribution >= 4 is 12.1 Å². The first-order valence-corrected chi connectivity index (χ1v) is 9.70. The highest BCUT2D eigenvalue weighted by atomic mass is 19.4. The van der Waals surface area contributed by atoms with Gasteiger partial charge in [-0.05, 0) is 35.9 Å². The molecule has 0 saturated carbocycles. The number of halogens is 3. The SMILES string of the molecule is O=CNc1cccc(-n2nc(C(F)(F)F)cc2COc2ccccc2-c2ccccc2)c1. The van der Waals surface area contributed by atoms with Crippen molar-refractivity contribution in [3.8, 4) is 22.6 Å². The first-order valence-electron chi connectivity index (χ1n) is 9.70. The highest BCUT2D eigenvalue weighted by Crippen LogP contribution is 2.32. The van der Waals surface area contributed by atoms with E-state index in [0.717, 1.165) is 17.2 Å². The number of carbonyl (C=O) groups excluding carboxylic acids is 1. The second kappa shape index (κ2) is 8.97. The van der Waals surface area contributed by atoms with Gasteiger partial charge < -0.3 is 10.1 Å². The van der Waals surface area contributed by atoms with Crippen LogP contribution < -0.4 is 10.1 Å². The van der Waals surface area contributed by atoms with E-state index in [-0.39, 0.29) is 12.3 Å². The minimum absolute atomic E-state index is 0.141. The molecule has 32 heavy (non-hydrogen) atoms. The third-order valence-corrected chi connectivity index (χ3v) is 4.74. The normalized spacial score (nSPS) is 11.2. The van der Waals surface area contributed by atoms with Crippen molar-refractivity contribution < 1.29 is 22.7 Å². The van der Waals surface area contributed by atoms with E-state index >= 15 is 0 Å². The summed E-state index contributed by atoms with van der Waals surface area (Å²) in [5.74, 6) is 0.538. The molecule has 3 aromatic carbocycles. The molecule has 1 amide bonds. The lowest BCUT2D eigenvalue weighted by Crippen LogP contribution is -2.09. The van der Waals surface area contributed by atoms with Gasteiger partial charge in [-0.1, -0.05) is 54.6 Å². The average Bonchev–Trinajstić information content (AvgIpc) is 3.24. The van der Waals surface area contributed by atoms with E-state index in [2.05, 4.69) is 10.4 Å². The Labute approximate surface area is 182 Å². The maximum Gasteiger partial charge on any atom is 0.435 e. The molecule has 0 saturated heterocycles. The number of para-hydroxylation sites is 1. The van der Waals surface area contributed by atoms with Gasteiger partial charge in [0.15, 0.2) is 5.69 Å². The van der Waals surface area contributed by atoms with Gasteiger partial charge in [-0.25, -0.2) is 4.68 Å². The Morgan fingerprint density at radius 3 is 2.44 bits per heavy atom. The third-order valence-electron chi connectivity index (χ3n) is 4.74.